The Morgan fingerprint density at radius 3 is 2.55 bits per heavy atom. The second-order valence-electron chi connectivity index (χ2n) is 2.73. The molecular formula is C9H16FN. The van der Waals surface area contributed by atoms with Crippen molar-refractivity contribution in [2.45, 2.75) is 26.7 Å². The van der Waals surface area contributed by atoms with Crippen molar-refractivity contribution in [1.82, 2.24) is 0 Å². The standard InChI is InChI=1S/C9H15N.FH/c1-3-5-9-6-7-10(4-2)8-9;/h6-8H,3-5H2,1-2H3;1H. The highest BCUT2D eigenvalue weighted by Gasteiger charge is 2.06. The Labute approximate surface area is 67.8 Å². The molecule has 0 radical (unpaired) electrons. The molecule has 0 aromatic rings. The minimum atomic E-state index is 0. The number of quaternary nitrogens is 1. The van der Waals surface area contributed by atoms with E-state index >= 15 is 0 Å². The van der Waals surface area contributed by atoms with Gasteiger partial charge in [0, 0.05) is 11.6 Å². The Bertz CT molecular complexity index is 161. The summed E-state index contributed by atoms with van der Waals surface area (Å²) in [5.41, 5.74) is 1.50. The Morgan fingerprint density at radius 1 is 1.36 bits per heavy atom. The largest absolute Gasteiger partial charge is 1.00 e. The molecule has 0 amide bonds. The van der Waals surface area contributed by atoms with Crippen LogP contribution in [0.25, 0.3) is 0 Å². The van der Waals surface area contributed by atoms with Crippen molar-refractivity contribution in [2.24, 2.45) is 0 Å². The summed E-state index contributed by atoms with van der Waals surface area (Å²) in [6.07, 6.45) is 9.27. The van der Waals surface area contributed by atoms with E-state index in [1.807, 2.05) is 0 Å². The van der Waals surface area contributed by atoms with Crippen LogP contribution in [0, 0.1) is 0 Å². The average molecular weight is 157 g/mol. The summed E-state index contributed by atoms with van der Waals surface area (Å²) in [5, 5.41) is 0. The first-order valence-corrected chi connectivity index (χ1v) is 4.11. The number of rotatable bonds is 3. The third-order valence-corrected chi connectivity index (χ3v) is 1.83. The van der Waals surface area contributed by atoms with Gasteiger partial charge in [0.25, 0.3) is 0 Å². The SMILES string of the molecule is CCCC1=C[NH+](CC)C=C1.[F-]. The molecule has 0 bridgehead atoms. The van der Waals surface area contributed by atoms with Crippen molar-refractivity contribution < 1.29 is 9.60 Å². The van der Waals surface area contributed by atoms with Gasteiger partial charge in [0.2, 0.25) is 0 Å². The zero-order valence-electron chi connectivity index (χ0n) is 7.23. The van der Waals surface area contributed by atoms with Crippen LogP contribution in [-0.4, -0.2) is 6.54 Å². The van der Waals surface area contributed by atoms with Gasteiger partial charge in [-0.25, -0.2) is 0 Å². The van der Waals surface area contributed by atoms with Crippen LogP contribution in [0.2, 0.25) is 0 Å². The van der Waals surface area contributed by atoms with Crippen LogP contribution in [0.15, 0.2) is 24.0 Å². The summed E-state index contributed by atoms with van der Waals surface area (Å²) in [5.74, 6) is 0. The zero-order valence-corrected chi connectivity index (χ0v) is 7.23. The third kappa shape index (κ3) is 2.85. The molecule has 1 atom stereocenters. The lowest BCUT2D eigenvalue weighted by Gasteiger charge is -1.99. The van der Waals surface area contributed by atoms with Crippen molar-refractivity contribution >= 4 is 0 Å². The summed E-state index contributed by atoms with van der Waals surface area (Å²) in [7, 11) is 0. The van der Waals surface area contributed by atoms with Gasteiger partial charge in [-0.3, -0.25) is 4.90 Å². The van der Waals surface area contributed by atoms with Crippen molar-refractivity contribution in [3.05, 3.63) is 24.0 Å². The van der Waals surface area contributed by atoms with Gasteiger partial charge in [0.1, 0.15) is 6.20 Å². The summed E-state index contributed by atoms with van der Waals surface area (Å²) >= 11 is 0. The van der Waals surface area contributed by atoms with Crippen LogP contribution in [-0.2, 0) is 0 Å². The zero-order chi connectivity index (χ0) is 7.40. The fourth-order valence-electron chi connectivity index (χ4n) is 1.21. The van der Waals surface area contributed by atoms with Crippen LogP contribution < -0.4 is 9.60 Å². The molecule has 1 unspecified atom stereocenters. The van der Waals surface area contributed by atoms with E-state index in [0.717, 1.165) is 0 Å². The first-order valence-electron chi connectivity index (χ1n) is 4.11. The molecule has 0 aromatic carbocycles. The van der Waals surface area contributed by atoms with E-state index in [1.54, 1.807) is 0 Å². The van der Waals surface area contributed by atoms with E-state index < -0.39 is 0 Å². The Morgan fingerprint density at radius 2 is 2.09 bits per heavy atom. The monoisotopic (exact) mass is 157 g/mol. The smallest absolute Gasteiger partial charge is 0.102 e. The molecule has 0 aromatic heterocycles. The molecule has 64 valence electrons. The molecule has 1 aliphatic heterocycles. The van der Waals surface area contributed by atoms with E-state index in [0.29, 0.717) is 0 Å². The van der Waals surface area contributed by atoms with Gasteiger partial charge < -0.3 is 4.70 Å². The van der Waals surface area contributed by atoms with E-state index in [2.05, 4.69) is 32.3 Å². The molecule has 1 rings (SSSR count). The highest BCUT2D eigenvalue weighted by molar-refractivity contribution is 5.17. The van der Waals surface area contributed by atoms with E-state index in [-0.39, 0.29) is 4.70 Å². The van der Waals surface area contributed by atoms with E-state index in [1.165, 1.54) is 29.9 Å². The molecule has 0 fully saturated rings. The van der Waals surface area contributed by atoms with Crippen LogP contribution in [0.1, 0.15) is 26.7 Å². The van der Waals surface area contributed by atoms with Gasteiger partial charge >= 0.3 is 0 Å². The molecular weight excluding hydrogens is 141 g/mol. The van der Waals surface area contributed by atoms with Gasteiger partial charge in [-0.15, -0.1) is 0 Å². The number of allylic oxidation sites excluding steroid dienone is 2. The molecule has 1 aliphatic rings. The Kier molecular flexibility index (Phi) is 4.79. The van der Waals surface area contributed by atoms with Gasteiger partial charge in [-0.05, 0) is 13.3 Å². The van der Waals surface area contributed by atoms with Crippen molar-refractivity contribution in [1.29, 1.82) is 0 Å². The number of hydrogen-bond donors (Lipinski definition) is 1. The van der Waals surface area contributed by atoms with Crippen LogP contribution >= 0.6 is 0 Å². The predicted octanol–water partition coefficient (Wildman–Crippen LogP) is -1.89. The summed E-state index contributed by atoms with van der Waals surface area (Å²) in [6.45, 7) is 5.59. The topological polar surface area (TPSA) is 4.44 Å². The van der Waals surface area contributed by atoms with E-state index in [9.17, 15) is 0 Å². The average Bonchev–Trinajstić information content (AvgIpc) is 2.37. The highest BCUT2D eigenvalue weighted by Crippen LogP contribution is 2.05. The van der Waals surface area contributed by atoms with Crippen LogP contribution in [0.4, 0.5) is 0 Å². The second kappa shape index (κ2) is 5.08. The quantitative estimate of drug-likeness (QED) is 0.488. The van der Waals surface area contributed by atoms with Crippen molar-refractivity contribution in [3.8, 4) is 0 Å². The van der Waals surface area contributed by atoms with E-state index in [4.69, 9.17) is 0 Å². The second-order valence-corrected chi connectivity index (χ2v) is 2.73. The molecule has 0 spiro atoms. The lowest BCUT2D eigenvalue weighted by molar-refractivity contribution is -0.785. The minimum absolute atomic E-state index is 0. The van der Waals surface area contributed by atoms with Crippen molar-refractivity contribution in [3.63, 3.8) is 0 Å². The van der Waals surface area contributed by atoms with Gasteiger partial charge in [0.05, 0.1) is 12.7 Å². The Hall–Kier alpha value is -0.630. The maximum absolute atomic E-state index is 2.31. The number of halogens is 1. The van der Waals surface area contributed by atoms with Gasteiger partial charge in [0.15, 0.2) is 0 Å². The summed E-state index contributed by atoms with van der Waals surface area (Å²) in [4.78, 5) is 1.48. The lowest BCUT2D eigenvalue weighted by Crippen LogP contribution is -3.01. The number of hydrogen-bond acceptors (Lipinski definition) is 0. The predicted molar refractivity (Wildman–Crippen MR) is 43.6 cm³/mol. The Balaban J connectivity index is 0.000001000. The first-order chi connectivity index (χ1) is 4.86. The van der Waals surface area contributed by atoms with Gasteiger partial charge in [-0.2, -0.15) is 0 Å². The van der Waals surface area contributed by atoms with Crippen molar-refractivity contribution in [2.75, 3.05) is 6.54 Å². The van der Waals surface area contributed by atoms with Gasteiger partial charge in [-0.1, -0.05) is 13.3 Å². The third-order valence-electron chi connectivity index (χ3n) is 1.83. The van der Waals surface area contributed by atoms with Crippen LogP contribution in [0.3, 0.4) is 0 Å². The first kappa shape index (κ1) is 10.4. The number of nitrogens with one attached hydrogen (secondary N) is 1. The molecule has 2 heteroatoms. The lowest BCUT2D eigenvalue weighted by atomic mass is 10.2. The minimum Gasteiger partial charge on any atom is -1.00 e. The fraction of sp³-hybridized carbons (Fsp3) is 0.556. The molecule has 1 nitrogen and oxygen atoms in total. The molecule has 0 aliphatic carbocycles. The van der Waals surface area contributed by atoms with Crippen LogP contribution in [0.5, 0.6) is 0 Å². The normalized spacial score (nSPS) is 21.3. The summed E-state index contributed by atoms with van der Waals surface area (Å²) in [6, 6.07) is 0. The highest BCUT2D eigenvalue weighted by atomic mass is 19.0. The summed E-state index contributed by atoms with van der Waals surface area (Å²) < 4.78 is 0. The molecule has 0 saturated carbocycles. The molecule has 11 heavy (non-hydrogen) atoms. The maximum atomic E-state index is 2.31. The molecule has 1 heterocycles. The fourth-order valence-corrected chi connectivity index (χ4v) is 1.21. The molecule has 1 N–H and O–H groups in total. The molecule has 0 saturated heterocycles. The maximum Gasteiger partial charge on any atom is 0.102 e.